The Morgan fingerprint density at radius 1 is 1.33 bits per heavy atom. The standard InChI is InChI=1S/C11H12N2O2/c1-14-10-4-2-8(3-5-10)11-9(6-12)7-15-13-11/h2-5,7H,6,12H2,1H3. The fourth-order valence-corrected chi connectivity index (χ4v) is 1.39. The molecule has 0 saturated heterocycles. The lowest BCUT2D eigenvalue weighted by Gasteiger charge is -2.01. The Labute approximate surface area is 87.6 Å². The van der Waals surface area contributed by atoms with Crippen LogP contribution in [-0.4, -0.2) is 12.3 Å². The van der Waals surface area contributed by atoms with Crippen molar-refractivity contribution in [1.82, 2.24) is 5.16 Å². The number of aromatic nitrogens is 1. The summed E-state index contributed by atoms with van der Waals surface area (Å²) in [6.45, 7) is 0.421. The molecule has 15 heavy (non-hydrogen) atoms. The molecule has 0 spiro atoms. The van der Waals surface area contributed by atoms with E-state index in [0.717, 1.165) is 22.6 Å². The molecule has 1 heterocycles. The molecule has 2 rings (SSSR count). The molecule has 0 aliphatic rings. The first-order chi connectivity index (χ1) is 7.35. The number of ether oxygens (including phenoxy) is 1. The number of hydrogen-bond donors (Lipinski definition) is 1. The molecule has 0 bridgehead atoms. The molecule has 1 aromatic carbocycles. The van der Waals surface area contributed by atoms with Crippen LogP contribution in [0.25, 0.3) is 11.3 Å². The topological polar surface area (TPSA) is 61.3 Å². The summed E-state index contributed by atoms with van der Waals surface area (Å²) < 4.78 is 9.96. The van der Waals surface area contributed by atoms with Gasteiger partial charge in [0.05, 0.1) is 7.11 Å². The molecule has 4 heteroatoms. The van der Waals surface area contributed by atoms with Gasteiger partial charge in [0.1, 0.15) is 17.7 Å². The van der Waals surface area contributed by atoms with Gasteiger partial charge in [0.2, 0.25) is 0 Å². The highest BCUT2D eigenvalue weighted by atomic mass is 16.5. The van der Waals surface area contributed by atoms with E-state index in [2.05, 4.69) is 5.16 Å². The first-order valence-electron chi connectivity index (χ1n) is 4.63. The largest absolute Gasteiger partial charge is 0.497 e. The first kappa shape index (κ1) is 9.73. The van der Waals surface area contributed by atoms with Crippen LogP contribution in [0, 0.1) is 0 Å². The number of rotatable bonds is 3. The average molecular weight is 204 g/mol. The van der Waals surface area contributed by atoms with E-state index in [1.807, 2.05) is 24.3 Å². The summed E-state index contributed by atoms with van der Waals surface area (Å²) in [4.78, 5) is 0. The number of nitrogens with two attached hydrogens (primary N) is 1. The van der Waals surface area contributed by atoms with Crippen LogP contribution in [0.5, 0.6) is 5.75 Å². The predicted molar refractivity (Wildman–Crippen MR) is 56.4 cm³/mol. The van der Waals surface area contributed by atoms with Gasteiger partial charge in [-0.2, -0.15) is 0 Å². The van der Waals surface area contributed by atoms with Crippen molar-refractivity contribution in [2.24, 2.45) is 5.73 Å². The Morgan fingerprint density at radius 2 is 2.07 bits per heavy atom. The normalized spacial score (nSPS) is 10.3. The molecule has 78 valence electrons. The second-order valence-electron chi connectivity index (χ2n) is 3.12. The van der Waals surface area contributed by atoms with Crippen molar-refractivity contribution < 1.29 is 9.26 Å². The van der Waals surface area contributed by atoms with Crippen molar-refractivity contribution >= 4 is 0 Å². The molecule has 0 fully saturated rings. The van der Waals surface area contributed by atoms with Gasteiger partial charge in [0.25, 0.3) is 0 Å². The second-order valence-corrected chi connectivity index (χ2v) is 3.12. The molecule has 0 saturated carbocycles. The maximum absolute atomic E-state index is 5.56. The van der Waals surface area contributed by atoms with Crippen LogP contribution in [0.3, 0.4) is 0 Å². The lowest BCUT2D eigenvalue weighted by molar-refractivity contribution is 0.414. The summed E-state index contributed by atoms with van der Waals surface area (Å²) in [5.41, 5.74) is 8.24. The van der Waals surface area contributed by atoms with Crippen molar-refractivity contribution in [3.05, 3.63) is 36.1 Å². The van der Waals surface area contributed by atoms with E-state index in [4.69, 9.17) is 15.0 Å². The highest BCUT2D eigenvalue weighted by Gasteiger charge is 2.08. The third-order valence-electron chi connectivity index (χ3n) is 2.23. The van der Waals surface area contributed by atoms with E-state index in [1.54, 1.807) is 13.4 Å². The summed E-state index contributed by atoms with van der Waals surface area (Å²) >= 11 is 0. The highest BCUT2D eigenvalue weighted by molar-refractivity contribution is 5.62. The maximum atomic E-state index is 5.56. The summed E-state index contributed by atoms with van der Waals surface area (Å²) in [6.07, 6.45) is 1.57. The molecule has 1 aromatic heterocycles. The van der Waals surface area contributed by atoms with Gasteiger partial charge in [-0.05, 0) is 24.3 Å². The van der Waals surface area contributed by atoms with E-state index < -0.39 is 0 Å². The smallest absolute Gasteiger partial charge is 0.128 e. The molecular weight excluding hydrogens is 192 g/mol. The van der Waals surface area contributed by atoms with Crippen molar-refractivity contribution in [3.8, 4) is 17.0 Å². The quantitative estimate of drug-likeness (QED) is 0.828. The van der Waals surface area contributed by atoms with E-state index in [1.165, 1.54) is 0 Å². The van der Waals surface area contributed by atoms with Crippen LogP contribution in [0.15, 0.2) is 35.1 Å². The summed E-state index contributed by atoms with van der Waals surface area (Å²) in [6, 6.07) is 7.61. The summed E-state index contributed by atoms with van der Waals surface area (Å²) in [5.74, 6) is 0.816. The zero-order valence-electron chi connectivity index (χ0n) is 8.43. The zero-order valence-corrected chi connectivity index (χ0v) is 8.43. The van der Waals surface area contributed by atoms with Gasteiger partial charge in [0.15, 0.2) is 0 Å². The monoisotopic (exact) mass is 204 g/mol. The molecule has 0 unspecified atom stereocenters. The van der Waals surface area contributed by atoms with E-state index in [-0.39, 0.29) is 0 Å². The summed E-state index contributed by atoms with van der Waals surface area (Å²) in [7, 11) is 1.64. The minimum Gasteiger partial charge on any atom is -0.497 e. The van der Waals surface area contributed by atoms with E-state index in [9.17, 15) is 0 Å². The molecule has 0 aliphatic carbocycles. The van der Waals surface area contributed by atoms with Crippen LogP contribution in [0.2, 0.25) is 0 Å². The van der Waals surface area contributed by atoms with Gasteiger partial charge in [0, 0.05) is 17.7 Å². The van der Waals surface area contributed by atoms with Crippen molar-refractivity contribution in [3.63, 3.8) is 0 Å². The fraction of sp³-hybridized carbons (Fsp3) is 0.182. The fourth-order valence-electron chi connectivity index (χ4n) is 1.39. The number of nitrogens with zero attached hydrogens (tertiary/aromatic N) is 1. The molecule has 2 aromatic rings. The molecule has 0 amide bonds. The third-order valence-corrected chi connectivity index (χ3v) is 2.23. The minimum atomic E-state index is 0.421. The van der Waals surface area contributed by atoms with E-state index >= 15 is 0 Å². The third kappa shape index (κ3) is 1.85. The molecule has 0 radical (unpaired) electrons. The van der Waals surface area contributed by atoms with Crippen molar-refractivity contribution in [2.75, 3.05) is 7.11 Å². The number of hydrogen-bond acceptors (Lipinski definition) is 4. The van der Waals surface area contributed by atoms with Crippen LogP contribution >= 0.6 is 0 Å². The second kappa shape index (κ2) is 4.14. The molecule has 0 aliphatic heterocycles. The Kier molecular flexibility index (Phi) is 2.69. The predicted octanol–water partition coefficient (Wildman–Crippen LogP) is 1.81. The summed E-state index contributed by atoms with van der Waals surface area (Å²) in [5, 5.41) is 3.92. The SMILES string of the molecule is COc1ccc(-c2nocc2CN)cc1. The van der Waals surface area contributed by atoms with Crippen LogP contribution in [0.1, 0.15) is 5.56 Å². The van der Waals surface area contributed by atoms with Gasteiger partial charge in [-0.3, -0.25) is 0 Å². The lowest BCUT2D eigenvalue weighted by Crippen LogP contribution is -1.96. The highest BCUT2D eigenvalue weighted by Crippen LogP contribution is 2.23. The van der Waals surface area contributed by atoms with Gasteiger partial charge >= 0.3 is 0 Å². The molecule has 4 nitrogen and oxygen atoms in total. The Morgan fingerprint density at radius 3 is 2.67 bits per heavy atom. The zero-order chi connectivity index (χ0) is 10.7. The van der Waals surface area contributed by atoms with Crippen LogP contribution in [-0.2, 0) is 6.54 Å². The Balaban J connectivity index is 2.37. The Hall–Kier alpha value is -1.81. The van der Waals surface area contributed by atoms with Gasteiger partial charge in [-0.25, -0.2) is 0 Å². The van der Waals surface area contributed by atoms with Gasteiger partial charge in [-0.1, -0.05) is 5.16 Å². The van der Waals surface area contributed by atoms with E-state index in [0.29, 0.717) is 6.54 Å². The average Bonchev–Trinajstić information content (AvgIpc) is 2.77. The van der Waals surface area contributed by atoms with Crippen LogP contribution < -0.4 is 10.5 Å². The molecule has 2 N–H and O–H groups in total. The van der Waals surface area contributed by atoms with Gasteiger partial charge in [-0.15, -0.1) is 0 Å². The van der Waals surface area contributed by atoms with Crippen molar-refractivity contribution in [2.45, 2.75) is 6.54 Å². The van der Waals surface area contributed by atoms with Gasteiger partial charge < -0.3 is 15.0 Å². The lowest BCUT2D eigenvalue weighted by atomic mass is 10.1. The van der Waals surface area contributed by atoms with Crippen LogP contribution in [0.4, 0.5) is 0 Å². The minimum absolute atomic E-state index is 0.421. The first-order valence-corrected chi connectivity index (χ1v) is 4.63. The molecule has 0 atom stereocenters. The number of benzene rings is 1. The maximum Gasteiger partial charge on any atom is 0.128 e. The Bertz CT molecular complexity index is 434. The van der Waals surface area contributed by atoms with Crippen molar-refractivity contribution in [1.29, 1.82) is 0 Å². The molecular formula is C11H12N2O2. The number of methoxy groups -OCH3 is 1.